The molecule has 1 aromatic carbocycles. The maximum absolute atomic E-state index is 5.31. The molecular formula is C20H20N6O. The third-order valence-electron chi connectivity index (χ3n) is 4.26. The summed E-state index contributed by atoms with van der Waals surface area (Å²) in [7, 11) is 3.98. The van der Waals surface area contributed by atoms with Crippen LogP contribution in [0.5, 0.6) is 0 Å². The van der Waals surface area contributed by atoms with Gasteiger partial charge in [-0.15, -0.1) is 0 Å². The highest BCUT2D eigenvalue weighted by atomic mass is 16.5. The van der Waals surface area contributed by atoms with Crippen molar-refractivity contribution in [1.29, 1.82) is 0 Å². The van der Waals surface area contributed by atoms with Gasteiger partial charge in [-0.25, -0.2) is 9.97 Å². The fraction of sp³-hybridized carbons (Fsp3) is 0.200. The number of hydrogen-bond donors (Lipinski definition) is 1. The second kappa shape index (κ2) is 7.03. The molecule has 0 aliphatic rings. The first kappa shape index (κ1) is 17.0. The molecule has 136 valence electrons. The lowest BCUT2D eigenvalue weighted by atomic mass is 10.1. The van der Waals surface area contributed by atoms with Crippen molar-refractivity contribution in [2.45, 2.75) is 13.5 Å². The van der Waals surface area contributed by atoms with Gasteiger partial charge in [0, 0.05) is 32.2 Å². The molecule has 0 fully saturated rings. The molecule has 7 nitrogen and oxygen atoms in total. The topological polar surface area (TPSA) is 80.0 Å². The molecule has 0 amide bonds. The van der Waals surface area contributed by atoms with Crippen LogP contribution in [0, 0.1) is 6.92 Å². The van der Waals surface area contributed by atoms with Crippen LogP contribution in [-0.2, 0) is 6.54 Å². The lowest BCUT2D eigenvalue weighted by molar-refractivity contribution is 0.425. The fourth-order valence-corrected chi connectivity index (χ4v) is 2.91. The largest absolute Gasteiger partial charge is 0.365 e. The summed E-state index contributed by atoms with van der Waals surface area (Å²) < 4.78 is 5.31. The van der Waals surface area contributed by atoms with Crippen molar-refractivity contribution in [2.24, 2.45) is 0 Å². The zero-order valence-electron chi connectivity index (χ0n) is 15.5. The molecule has 0 aliphatic carbocycles. The zero-order valence-corrected chi connectivity index (χ0v) is 15.5. The molecule has 0 saturated heterocycles. The summed E-state index contributed by atoms with van der Waals surface area (Å²) >= 11 is 0. The number of nitrogens with one attached hydrogen (secondary N) is 1. The molecule has 0 spiro atoms. The Bertz CT molecular complexity index is 1090. The quantitative estimate of drug-likeness (QED) is 0.581. The van der Waals surface area contributed by atoms with Crippen molar-refractivity contribution >= 4 is 22.5 Å². The van der Waals surface area contributed by atoms with Gasteiger partial charge in [-0.1, -0.05) is 23.4 Å². The molecule has 4 rings (SSSR count). The van der Waals surface area contributed by atoms with Crippen molar-refractivity contribution < 1.29 is 4.52 Å². The highest BCUT2D eigenvalue weighted by Crippen LogP contribution is 2.27. The molecule has 0 aliphatic heterocycles. The SMILES string of the molecule is Cc1noc(-c2cccnc2NCc2cc(N(C)C)nc3ccccc23)n1. The van der Waals surface area contributed by atoms with Gasteiger partial charge in [0.05, 0.1) is 11.1 Å². The number of fused-ring (bicyclic) bond motifs is 1. The number of aromatic nitrogens is 4. The van der Waals surface area contributed by atoms with E-state index in [0.29, 0.717) is 24.1 Å². The normalized spacial score (nSPS) is 10.9. The second-order valence-corrected chi connectivity index (χ2v) is 6.45. The van der Waals surface area contributed by atoms with E-state index in [4.69, 9.17) is 9.51 Å². The van der Waals surface area contributed by atoms with Gasteiger partial charge in [-0.05, 0) is 36.8 Å². The molecule has 3 aromatic heterocycles. The molecule has 1 N–H and O–H groups in total. The van der Waals surface area contributed by atoms with E-state index in [2.05, 4.69) is 32.6 Å². The highest BCUT2D eigenvalue weighted by molar-refractivity contribution is 5.84. The van der Waals surface area contributed by atoms with Crippen LogP contribution in [0.15, 0.2) is 53.2 Å². The van der Waals surface area contributed by atoms with Crippen LogP contribution in [0.1, 0.15) is 11.4 Å². The standard InChI is InChI=1S/C20H20N6O/c1-13-23-20(27-25-13)16-8-6-10-21-19(16)22-12-14-11-18(26(2)3)24-17-9-5-4-7-15(14)17/h4-11H,12H2,1-3H3,(H,21,22). The third-order valence-corrected chi connectivity index (χ3v) is 4.26. The number of hydrogen-bond acceptors (Lipinski definition) is 7. The molecule has 27 heavy (non-hydrogen) atoms. The number of rotatable bonds is 5. The lowest BCUT2D eigenvalue weighted by Gasteiger charge is -2.16. The number of pyridine rings is 2. The van der Waals surface area contributed by atoms with Gasteiger partial charge >= 0.3 is 0 Å². The van der Waals surface area contributed by atoms with Crippen molar-refractivity contribution in [3.63, 3.8) is 0 Å². The van der Waals surface area contributed by atoms with Crippen LogP contribution < -0.4 is 10.2 Å². The smallest absolute Gasteiger partial charge is 0.261 e. The Kier molecular flexibility index (Phi) is 4.42. The predicted octanol–water partition coefficient (Wildman–Crippen LogP) is 3.67. The molecule has 0 unspecified atom stereocenters. The average Bonchev–Trinajstić information content (AvgIpc) is 3.12. The summed E-state index contributed by atoms with van der Waals surface area (Å²) in [5, 5.41) is 8.39. The Morgan fingerprint density at radius 3 is 2.70 bits per heavy atom. The Hall–Kier alpha value is -3.48. The van der Waals surface area contributed by atoms with E-state index in [1.165, 1.54) is 0 Å². The van der Waals surface area contributed by atoms with E-state index in [1.807, 2.05) is 49.3 Å². The molecule has 0 atom stereocenters. The summed E-state index contributed by atoms with van der Waals surface area (Å²) in [6.07, 6.45) is 1.74. The van der Waals surface area contributed by atoms with Gasteiger partial charge in [-0.2, -0.15) is 4.98 Å². The maximum atomic E-state index is 5.31. The van der Waals surface area contributed by atoms with Gasteiger partial charge in [0.1, 0.15) is 11.6 Å². The number of aryl methyl sites for hydroxylation is 1. The van der Waals surface area contributed by atoms with Crippen molar-refractivity contribution in [3.05, 3.63) is 60.0 Å². The number of nitrogens with zero attached hydrogens (tertiary/aromatic N) is 5. The lowest BCUT2D eigenvalue weighted by Crippen LogP contribution is -2.12. The van der Waals surface area contributed by atoms with E-state index in [0.717, 1.165) is 27.8 Å². The van der Waals surface area contributed by atoms with Crippen LogP contribution in [0.4, 0.5) is 11.6 Å². The van der Waals surface area contributed by atoms with Crippen molar-refractivity contribution in [3.8, 4) is 11.5 Å². The first-order chi connectivity index (χ1) is 13.1. The van der Waals surface area contributed by atoms with Crippen LogP contribution in [0.2, 0.25) is 0 Å². The van der Waals surface area contributed by atoms with Crippen LogP contribution in [-0.4, -0.2) is 34.2 Å². The fourth-order valence-electron chi connectivity index (χ4n) is 2.91. The summed E-state index contributed by atoms with van der Waals surface area (Å²) in [5.74, 6) is 2.67. The summed E-state index contributed by atoms with van der Waals surface area (Å²) in [6, 6.07) is 14.0. The van der Waals surface area contributed by atoms with Gasteiger partial charge < -0.3 is 14.7 Å². The Morgan fingerprint density at radius 2 is 1.93 bits per heavy atom. The van der Waals surface area contributed by atoms with Crippen LogP contribution in [0.25, 0.3) is 22.4 Å². The number of anilines is 2. The second-order valence-electron chi connectivity index (χ2n) is 6.45. The van der Waals surface area contributed by atoms with E-state index >= 15 is 0 Å². The highest BCUT2D eigenvalue weighted by Gasteiger charge is 2.13. The minimum atomic E-state index is 0.455. The Balaban J connectivity index is 1.69. The molecule has 0 bridgehead atoms. The van der Waals surface area contributed by atoms with E-state index in [9.17, 15) is 0 Å². The predicted molar refractivity (Wildman–Crippen MR) is 106 cm³/mol. The van der Waals surface area contributed by atoms with Crippen molar-refractivity contribution in [2.75, 3.05) is 24.3 Å². The Morgan fingerprint density at radius 1 is 1.07 bits per heavy atom. The molecular weight excluding hydrogens is 340 g/mol. The number of para-hydroxylation sites is 1. The van der Waals surface area contributed by atoms with E-state index in [1.54, 1.807) is 13.1 Å². The first-order valence-electron chi connectivity index (χ1n) is 8.67. The summed E-state index contributed by atoms with van der Waals surface area (Å²) in [4.78, 5) is 15.5. The first-order valence-corrected chi connectivity index (χ1v) is 8.67. The van der Waals surface area contributed by atoms with Crippen LogP contribution in [0.3, 0.4) is 0 Å². The van der Waals surface area contributed by atoms with Gasteiger partial charge in [0.15, 0.2) is 5.82 Å². The zero-order chi connectivity index (χ0) is 18.8. The van der Waals surface area contributed by atoms with Gasteiger partial charge in [-0.3, -0.25) is 0 Å². The minimum Gasteiger partial charge on any atom is -0.365 e. The molecule has 3 heterocycles. The van der Waals surface area contributed by atoms with Gasteiger partial charge in [0.25, 0.3) is 5.89 Å². The molecule has 0 radical (unpaired) electrons. The third kappa shape index (κ3) is 3.44. The molecule has 4 aromatic rings. The number of benzene rings is 1. The average molecular weight is 360 g/mol. The van der Waals surface area contributed by atoms with E-state index < -0.39 is 0 Å². The molecule has 7 heteroatoms. The molecule has 0 saturated carbocycles. The Labute approximate surface area is 157 Å². The van der Waals surface area contributed by atoms with Crippen molar-refractivity contribution in [1.82, 2.24) is 20.1 Å². The summed E-state index contributed by atoms with van der Waals surface area (Å²) in [6.45, 7) is 2.39. The van der Waals surface area contributed by atoms with E-state index in [-0.39, 0.29) is 0 Å². The minimum absolute atomic E-state index is 0.455. The summed E-state index contributed by atoms with van der Waals surface area (Å²) in [5.41, 5.74) is 2.89. The van der Waals surface area contributed by atoms with Crippen LogP contribution >= 0.6 is 0 Å². The maximum Gasteiger partial charge on any atom is 0.261 e. The monoisotopic (exact) mass is 360 g/mol. The van der Waals surface area contributed by atoms with Gasteiger partial charge in [0.2, 0.25) is 0 Å².